The number of carbonyl (C=O) groups excluding carboxylic acids is 1. The average Bonchev–Trinajstić information content (AvgIpc) is 2.49. The van der Waals surface area contributed by atoms with E-state index in [0.29, 0.717) is 0 Å². The molecular weight excluding hydrogens is 270 g/mol. The SMILES string of the molecule is CCC(C)(P)C(=O)c1ccccc1C.[H-].[Li+].c1ccccc1. The number of benzene rings is 2. The Kier molecular flexibility index (Phi) is 9.55. The third-order valence-corrected chi connectivity index (χ3v) is 3.98. The van der Waals surface area contributed by atoms with Gasteiger partial charge in [-0.1, -0.05) is 67.6 Å². The zero-order chi connectivity index (χ0) is 15.0. The smallest absolute Gasteiger partial charge is 1.00 e. The van der Waals surface area contributed by atoms with Crippen molar-refractivity contribution in [1.82, 2.24) is 0 Å². The van der Waals surface area contributed by atoms with Crippen molar-refractivity contribution >= 4 is 15.0 Å². The summed E-state index contributed by atoms with van der Waals surface area (Å²) in [6.07, 6.45) is 0.838. The Morgan fingerprint density at radius 1 is 1.05 bits per heavy atom. The second-order valence-corrected chi connectivity index (χ2v) is 6.34. The molecule has 0 heterocycles. The van der Waals surface area contributed by atoms with Crippen LogP contribution < -0.4 is 18.9 Å². The van der Waals surface area contributed by atoms with Crippen molar-refractivity contribution in [2.24, 2.45) is 0 Å². The van der Waals surface area contributed by atoms with E-state index in [2.05, 4.69) is 9.24 Å². The van der Waals surface area contributed by atoms with Crippen molar-refractivity contribution in [3.63, 3.8) is 0 Å². The number of hydrogen-bond donors (Lipinski definition) is 0. The quantitative estimate of drug-likeness (QED) is 0.481. The second kappa shape index (κ2) is 9.96. The molecule has 21 heavy (non-hydrogen) atoms. The van der Waals surface area contributed by atoms with Gasteiger partial charge in [-0.25, -0.2) is 0 Å². The number of ketones is 1. The van der Waals surface area contributed by atoms with Crippen LogP contribution in [0.15, 0.2) is 60.7 Å². The summed E-state index contributed by atoms with van der Waals surface area (Å²) in [7, 11) is 2.65. The third-order valence-electron chi connectivity index (χ3n) is 3.31. The molecule has 2 aromatic rings. The number of Topliss-reactive ketones (excluding diaryl/α,β-unsaturated/α-hetero) is 1. The van der Waals surface area contributed by atoms with Crippen molar-refractivity contribution in [3.05, 3.63) is 71.8 Å². The summed E-state index contributed by atoms with van der Waals surface area (Å²) in [6, 6.07) is 19.7. The van der Waals surface area contributed by atoms with E-state index in [0.717, 1.165) is 17.5 Å². The van der Waals surface area contributed by atoms with E-state index in [1.165, 1.54) is 0 Å². The normalized spacial score (nSPS) is 12.2. The Balaban J connectivity index is 0. The van der Waals surface area contributed by atoms with Crippen LogP contribution in [0.3, 0.4) is 0 Å². The molecule has 0 saturated heterocycles. The summed E-state index contributed by atoms with van der Waals surface area (Å²) < 4.78 is 0. The van der Waals surface area contributed by atoms with E-state index in [9.17, 15) is 4.79 Å². The predicted molar refractivity (Wildman–Crippen MR) is 91.5 cm³/mol. The van der Waals surface area contributed by atoms with Crippen LogP contribution >= 0.6 is 9.24 Å². The molecule has 2 atom stereocenters. The van der Waals surface area contributed by atoms with E-state index >= 15 is 0 Å². The maximum atomic E-state index is 12.1. The van der Waals surface area contributed by atoms with Gasteiger partial charge in [-0.05, 0) is 25.8 Å². The first-order valence-corrected chi connectivity index (χ1v) is 7.46. The first kappa shape index (κ1) is 20.1. The van der Waals surface area contributed by atoms with Gasteiger partial charge in [0, 0.05) is 10.7 Å². The van der Waals surface area contributed by atoms with Crippen LogP contribution in [0.4, 0.5) is 0 Å². The molecular formula is C18H24LiOP. The minimum Gasteiger partial charge on any atom is -1.00 e. The topological polar surface area (TPSA) is 17.1 Å². The second-order valence-electron chi connectivity index (χ2n) is 5.07. The van der Waals surface area contributed by atoms with Gasteiger partial charge >= 0.3 is 18.9 Å². The molecule has 0 spiro atoms. The minimum atomic E-state index is -0.327. The Bertz CT molecular complexity index is 517. The minimum absolute atomic E-state index is 0. The standard InChI is InChI=1S/C12H17OP.C6H6.Li.H/c1-4-12(3,14)11(13)10-8-6-5-7-9(10)2;1-2-4-6-5-3-1;;/h5-8H,4,14H2,1-3H3;1-6H;;/q;;+1;-1. The average molecular weight is 294 g/mol. The van der Waals surface area contributed by atoms with Gasteiger partial charge in [-0.15, -0.1) is 9.24 Å². The van der Waals surface area contributed by atoms with Crippen LogP contribution in [0.25, 0.3) is 0 Å². The Morgan fingerprint density at radius 3 is 1.86 bits per heavy atom. The summed E-state index contributed by atoms with van der Waals surface area (Å²) in [6.45, 7) is 5.97. The van der Waals surface area contributed by atoms with Gasteiger partial charge in [0.25, 0.3) is 0 Å². The summed E-state index contributed by atoms with van der Waals surface area (Å²) in [4.78, 5) is 12.1. The summed E-state index contributed by atoms with van der Waals surface area (Å²) in [5.74, 6) is 0.211. The van der Waals surface area contributed by atoms with Crippen molar-refractivity contribution in [1.29, 1.82) is 0 Å². The Morgan fingerprint density at radius 2 is 1.48 bits per heavy atom. The monoisotopic (exact) mass is 294 g/mol. The van der Waals surface area contributed by atoms with Crippen molar-refractivity contribution < 1.29 is 25.1 Å². The molecule has 0 aliphatic heterocycles. The fourth-order valence-corrected chi connectivity index (χ4v) is 1.84. The number of carbonyl (C=O) groups is 1. The van der Waals surface area contributed by atoms with Gasteiger partial charge in [-0.2, -0.15) is 0 Å². The van der Waals surface area contributed by atoms with E-state index < -0.39 is 0 Å². The van der Waals surface area contributed by atoms with E-state index in [-0.39, 0.29) is 31.2 Å². The van der Waals surface area contributed by atoms with Gasteiger partial charge in [-0.3, -0.25) is 4.79 Å². The van der Waals surface area contributed by atoms with Gasteiger partial charge in [0.05, 0.1) is 0 Å². The zero-order valence-corrected chi connectivity index (χ0v) is 14.6. The van der Waals surface area contributed by atoms with Crippen molar-refractivity contribution in [3.8, 4) is 0 Å². The van der Waals surface area contributed by atoms with Crippen molar-refractivity contribution in [2.75, 3.05) is 0 Å². The molecule has 1 nitrogen and oxygen atoms in total. The maximum absolute atomic E-state index is 12.1. The number of hydrogen-bond acceptors (Lipinski definition) is 1. The molecule has 0 fully saturated rings. The van der Waals surface area contributed by atoms with E-state index in [1.807, 2.05) is 81.4 Å². The zero-order valence-electron chi connectivity index (χ0n) is 14.5. The molecule has 2 aromatic carbocycles. The largest absolute Gasteiger partial charge is 1.00 e. The van der Waals surface area contributed by atoms with Crippen molar-refractivity contribution in [2.45, 2.75) is 32.3 Å². The molecule has 0 aliphatic rings. The molecule has 2 unspecified atom stereocenters. The molecule has 0 radical (unpaired) electrons. The van der Waals surface area contributed by atoms with Crippen LogP contribution in [0.2, 0.25) is 0 Å². The molecule has 2 rings (SSSR count). The molecule has 0 N–H and O–H groups in total. The Labute approximate surface area is 144 Å². The molecule has 3 heteroatoms. The molecule has 0 saturated carbocycles. The molecule has 0 aromatic heterocycles. The van der Waals surface area contributed by atoms with Crippen LogP contribution in [-0.2, 0) is 0 Å². The maximum Gasteiger partial charge on any atom is 1.00 e. The van der Waals surface area contributed by atoms with Gasteiger partial charge in [0.2, 0.25) is 0 Å². The summed E-state index contributed by atoms with van der Waals surface area (Å²) in [5, 5.41) is -0.327. The molecule has 0 bridgehead atoms. The molecule has 0 amide bonds. The third kappa shape index (κ3) is 6.62. The van der Waals surface area contributed by atoms with Gasteiger partial charge in [0.1, 0.15) is 0 Å². The van der Waals surface area contributed by atoms with Crippen LogP contribution in [0, 0.1) is 6.92 Å². The number of rotatable bonds is 3. The first-order chi connectivity index (χ1) is 9.49. The Hall–Kier alpha value is -0.863. The fraction of sp³-hybridized carbons (Fsp3) is 0.278. The van der Waals surface area contributed by atoms with E-state index in [4.69, 9.17) is 0 Å². The van der Waals surface area contributed by atoms with Crippen LogP contribution in [-0.4, -0.2) is 10.9 Å². The molecule has 108 valence electrons. The number of aryl methyl sites for hydroxylation is 1. The van der Waals surface area contributed by atoms with Crippen LogP contribution in [0.1, 0.15) is 37.6 Å². The predicted octanol–water partition coefficient (Wildman–Crippen LogP) is 2.02. The van der Waals surface area contributed by atoms with Gasteiger partial charge < -0.3 is 1.43 Å². The summed E-state index contributed by atoms with van der Waals surface area (Å²) in [5.41, 5.74) is 1.89. The van der Waals surface area contributed by atoms with Crippen LogP contribution in [0.5, 0.6) is 0 Å². The first-order valence-electron chi connectivity index (χ1n) is 6.88. The van der Waals surface area contributed by atoms with E-state index in [1.54, 1.807) is 0 Å². The molecule has 0 aliphatic carbocycles. The fourth-order valence-electron chi connectivity index (χ4n) is 1.68. The summed E-state index contributed by atoms with van der Waals surface area (Å²) >= 11 is 0. The van der Waals surface area contributed by atoms with Gasteiger partial charge in [0.15, 0.2) is 5.78 Å².